The van der Waals surface area contributed by atoms with Gasteiger partial charge >= 0.3 is 0 Å². The van der Waals surface area contributed by atoms with Crippen LogP contribution in [0, 0.1) is 5.41 Å². The Labute approximate surface area is 129 Å². The Balaban J connectivity index is 2.75. The van der Waals surface area contributed by atoms with Gasteiger partial charge in [-0.25, -0.2) is 0 Å². The minimum absolute atomic E-state index is 0.285. The summed E-state index contributed by atoms with van der Waals surface area (Å²) in [6.45, 7) is 12.8. The van der Waals surface area contributed by atoms with Crippen LogP contribution in [0.2, 0.25) is 0 Å². The van der Waals surface area contributed by atoms with Gasteiger partial charge in [0.2, 0.25) is 0 Å². The van der Waals surface area contributed by atoms with E-state index in [4.69, 9.17) is 0 Å². The second-order valence-corrected chi connectivity index (χ2v) is 6.56. The largest absolute Gasteiger partial charge is 0.303 e. The number of carbonyl (C=O) groups is 1. The van der Waals surface area contributed by atoms with Crippen molar-refractivity contribution >= 4 is 6.29 Å². The van der Waals surface area contributed by atoms with Gasteiger partial charge < -0.3 is 4.79 Å². The highest BCUT2D eigenvalue weighted by molar-refractivity contribution is 5.55. The van der Waals surface area contributed by atoms with Crippen molar-refractivity contribution in [2.75, 3.05) is 0 Å². The van der Waals surface area contributed by atoms with Crippen LogP contribution in [0.25, 0.3) is 0 Å². The van der Waals surface area contributed by atoms with E-state index < -0.39 is 0 Å². The minimum atomic E-state index is 0.285. The first kappa shape index (κ1) is 17.4. The summed E-state index contributed by atoms with van der Waals surface area (Å²) in [6, 6.07) is 0. The summed E-state index contributed by atoms with van der Waals surface area (Å²) >= 11 is 0. The molecule has 0 aliphatic heterocycles. The molecule has 0 aromatic heterocycles. The fourth-order valence-corrected chi connectivity index (χ4v) is 2.79. The van der Waals surface area contributed by atoms with E-state index in [1.54, 1.807) is 0 Å². The van der Waals surface area contributed by atoms with Crippen LogP contribution in [-0.4, -0.2) is 6.29 Å². The van der Waals surface area contributed by atoms with Gasteiger partial charge in [-0.2, -0.15) is 0 Å². The van der Waals surface area contributed by atoms with Gasteiger partial charge in [0.05, 0.1) is 0 Å². The second kappa shape index (κ2) is 7.97. The lowest BCUT2D eigenvalue weighted by Crippen LogP contribution is -2.19. The first-order chi connectivity index (χ1) is 9.86. The van der Waals surface area contributed by atoms with Crippen molar-refractivity contribution in [2.24, 2.45) is 5.41 Å². The van der Waals surface area contributed by atoms with E-state index >= 15 is 0 Å². The highest BCUT2D eigenvalue weighted by atomic mass is 16.1. The molecule has 0 aromatic carbocycles. The third kappa shape index (κ3) is 5.71. The Morgan fingerprint density at radius 3 is 2.67 bits per heavy atom. The Morgan fingerprint density at radius 2 is 2.05 bits per heavy atom. The van der Waals surface area contributed by atoms with E-state index in [0.29, 0.717) is 6.42 Å². The van der Waals surface area contributed by atoms with Gasteiger partial charge in [0.25, 0.3) is 0 Å². The van der Waals surface area contributed by atoms with Gasteiger partial charge in [-0.15, -0.1) is 0 Å². The number of allylic oxidation sites excluding steroid dienone is 9. The Kier molecular flexibility index (Phi) is 6.61. The number of carbonyl (C=O) groups excluding carboxylic acids is 1. The highest BCUT2D eigenvalue weighted by Crippen LogP contribution is 2.40. The second-order valence-electron chi connectivity index (χ2n) is 6.56. The molecule has 0 N–H and O–H groups in total. The van der Waals surface area contributed by atoms with Crippen LogP contribution in [0.3, 0.4) is 0 Å². The molecule has 0 heterocycles. The molecule has 1 heteroatoms. The summed E-state index contributed by atoms with van der Waals surface area (Å²) in [5.41, 5.74) is 5.32. The Hall–Kier alpha value is -1.63. The molecule has 0 spiro atoms. The maximum atomic E-state index is 10.4. The molecule has 21 heavy (non-hydrogen) atoms. The van der Waals surface area contributed by atoms with Crippen molar-refractivity contribution in [1.29, 1.82) is 0 Å². The molecule has 1 aliphatic carbocycles. The van der Waals surface area contributed by atoms with Crippen LogP contribution >= 0.6 is 0 Å². The lowest BCUT2D eigenvalue weighted by molar-refractivity contribution is -0.107. The van der Waals surface area contributed by atoms with Crippen molar-refractivity contribution in [2.45, 2.75) is 53.4 Å². The Bertz CT molecular complexity index is 510. The van der Waals surface area contributed by atoms with Crippen molar-refractivity contribution in [1.82, 2.24) is 0 Å². The maximum Gasteiger partial charge on any atom is 0.124 e. The molecular weight excluding hydrogens is 256 g/mol. The van der Waals surface area contributed by atoms with Crippen LogP contribution in [0.4, 0.5) is 0 Å². The van der Waals surface area contributed by atoms with E-state index in [1.165, 1.54) is 36.0 Å². The Morgan fingerprint density at radius 1 is 1.33 bits per heavy atom. The van der Waals surface area contributed by atoms with Crippen LogP contribution in [0.15, 0.2) is 59.3 Å². The van der Waals surface area contributed by atoms with E-state index in [9.17, 15) is 4.79 Å². The molecule has 0 saturated heterocycles. The molecule has 1 nitrogen and oxygen atoms in total. The maximum absolute atomic E-state index is 10.4. The van der Waals surface area contributed by atoms with E-state index in [1.807, 2.05) is 12.2 Å². The first-order valence-electron chi connectivity index (χ1n) is 7.71. The van der Waals surface area contributed by atoms with Crippen molar-refractivity contribution in [3.05, 3.63) is 59.3 Å². The molecule has 114 valence electrons. The van der Waals surface area contributed by atoms with Gasteiger partial charge in [0.15, 0.2) is 0 Å². The van der Waals surface area contributed by atoms with Crippen molar-refractivity contribution in [3.63, 3.8) is 0 Å². The van der Waals surface area contributed by atoms with E-state index in [2.05, 4.69) is 52.5 Å². The number of aldehydes is 1. The molecule has 0 radical (unpaired) electrons. The topological polar surface area (TPSA) is 17.1 Å². The average molecular weight is 284 g/mol. The molecule has 1 aliphatic rings. The van der Waals surface area contributed by atoms with Crippen LogP contribution in [0.5, 0.6) is 0 Å². The summed E-state index contributed by atoms with van der Waals surface area (Å²) in [4.78, 5) is 10.4. The third-order valence-corrected chi connectivity index (χ3v) is 4.09. The molecule has 0 bridgehead atoms. The zero-order valence-corrected chi connectivity index (χ0v) is 13.9. The molecule has 0 unspecified atom stereocenters. The van der Waals surface area contributed by atoms with Gasteiger partial charge in [-0.3, -0.25) is 0 Å². The van der Waals surface area contributed by atoms with Gasteiger partial charge in [-0.1, -0.05) is 62.0 Å². The normalized spacial score (nSPS) is 19.5. The fraction of sp³-hybridized carbons (Fsp3) is 0.450. The molecule has 1 rings (SSSR count). The highest BCUT2D eigenvalue weighted by Gasteiger charge is 2.26. The predicted octanol–water partition coefficient (Wildman–Crippen LogP) is 5.72. The summed E-state index contributed by atoms with van der Waals surface area (Å²) < 4.78 is 0. The molecule has 0 saturated carbocycles. The van der Waals surface area contributed by atoms with Crippen molar-refractivity contribution < 1.29 is 4.79 Å². The standard InChI is InChI=1S/C20H28O/c1-16(8-6-9-17(2)13-15-21)11-12-19-18(3)10-7-14-20(19,4)5/h6,8-9,11-12,15H,2,7,10,13-14H2,1,3-5H3/b9-6+,12-11+,16-8+. The summed E-state index contributed by atoms with van der Waals surface area (Å²) in [7, 11) is 0. The SMILES string of the molecule is C=C(/C=C/C=C(C)/C=C/C1=C(C)CCCC1(C)C)CC=O. The lowest BCUT2D eigenvalue weighted by Gasteiger charge is -2.32. The average Bonchev–Trinajstić information content (AvgIpc) is 2.37. The van der Waals surface area contributed by atoms with E-state index in [-0.39, 0.29) is 5.41 Å². The zero-order chi connectivity index (χ0) is 15.9. The minimum Gasteiger partial charge on any atom is -0.303 e. The monoisotopic (exact) mass is 284 g/mol. The number of hydrogen-bond acceptors (Lipinski definition) is 1. The smallest absolute Gasteiger partial charge is 0.124 e. The summed E-state index contributed by atoms with van der Waals surface area (Å²) in [5, 5.41) is 0. The van der Waals surface area contributed by atoms with Gasteiger partial charge in [0, 0.05) is 6.42 Å². The van der Waals surface area contributed by atoms with Gasteiger partial charge in [-0.05, 0) is 49.7 Å². The van der Waals surface area contributed by atoms with Gasteiger partial charge in [0.1, 0.15) is 6.29 Å². The fourth-order valence-electron chi connectivity index (χ4n) is 2.79. The van der Waals surface area contributed by atoms with Crippen LogP contribution in [0.1, 0.15) is 53.4 Å². The lowest BCUT2D eigenvalue weighted by atomic mass is 9.72. The molecular formula is C20H28O. The molecule has 0 atom stereocenters. The van der Waals surface area contributed by atoms with Crippen LogP contribution in [-0.2, 0) is 4.79 Å². The van der Waals surface area contributed by atoms with Crippen LogP contribution < -0.4 is 0 Å². The predicted molar refractivity (Wildman–Crippen MR) is 92.2 cm³/mol. The quantitative estimate of drug-likeness (QED) is 0.450. The van der Waals surface area contributed by atoms with Crippen molar-refractivity contribution in [3.8, 4) is 0 Å². The third-order valence-electron chi connectivity index (χ3n) is 4.09. The summed E-state index contributed by atoms with van der Waals surface area (Å²) in [5.74, 6) is 0. The van der Waals surface area contributed by atoms with E-state index in [0.717, 1.165) is 11.9 Å². The first-order valence-corrected chi connectivity index (χ1v) is 7.71. The zero-order valence-electron chi connectivity index (χ0n) is 13.9. The molecule has 0 fully saturated rings. The molecule has 0 aromatic rings. The number of hydrogen-bond donors (Lipinski definition) is 0. The number of rotatable bonds is 6. The summed E-state index contributed by atoms with van der Waals surface area (Å²) in [6.07, 6.45) is 15.4. The molecule has 0 amide bonds.